The third-order valence-electron chi connectivity index (χ3n) is 4.64. The number of nitrogens with one attached hydrogen (secondary N) is 1. The van der Waals surface area contributed by atoms with Crippen molar-refractivity contribution in [1.29, 1.82) is 0 Å². The van der Waals surface area contributed by atoms with Gasteiger partial charge in [-0.1, -0.05) is 0 Å². The summed E-state index contributed by atoms with van der Waals surface area (Å²) in [6, 6.07) is 4.68. The number of rotatable bonds is 4. The lowest BCUT2D eigenvalue weighted by molar-refractivity contribution is 0.474. The van der Waals surface area contributed by atoms with Crippen LogP contribution in [-0.2, 0) is 13.0 Å². The standard InChI is InChI=1S/C16H22N4S/c1-3-13(17-6-1)9-15-19-14-4-2-7-18-16(14)20(15)10-12-5-8-21-11-12/h2,4,7,12-13,17H,1,3,5-6,8-11H2. The van der Waals surface area contributed by atoms with Gasteiger partial charge in [-0.25, -0.2) is 9.97 Å². The molecule has 2 saturated heterocycles. The van der Waals surface area contributed by atoms with E-state index in [2.05, 4.69) is 32.7 Å². The average Bonchev–Trinajstić information content (AvgIpc) is 3.23. The molecule has 2 aliphatic rings. The Hall–Kier alpha value is -1.07. The molecule has 0 aromatic carbocycles. The van der Waals surface area contributed by atoms with Gasteiger partial charge >= 0.3 is 0 Å². The van der Waals surface area contributed by atoms with Crippen LogP contribution in [0, 0.1) is 5.92 Å². The maximum atomic E-state index is 4.87. The van der Waals surface area contributed by atoms with Crippen molar-refractivity contribution in [2.45, 2.75) is 38.3 Å². The fourth-order valence-electron chi connectivity index (χ4n) is 3.49. The molecule has 2 fully saturated rings. The van der Waals surface area contributed by atoms with E-state index in [1.165, 1.54) is 36.6 Å². The van der Waals surface area contributed by atoms with Gasteiger partial charge in [0.2, 0.25) is 0 Å². The lowest BCUT2D eigenvalue weighted by atomic mass is 10.1. The summed E-state index contributed by atoms with van der Waals surface area (Å²) in [6.45, 7) is 2.24. The number of aromatic nitrogens is 3. The minimum absolute atomic E-state index is 0.596. The highest BCUT2D eigenvalue weighted by Crippen LogP contribution is 2.27. The largest absolute Gasteiger partial charge is 0.314 e. The van der Waals surface area contributed by atoms with Crippen LogP contribution in [0.2, 0.25) is 0 Å². The number of hydrogen-bond donors (Lipinski definition) is 1. The molecule has 21 heavy (non-hydrogen) atoms. The van der Waals surface area contributed by atoms with Crippen molar-refractivity contribution < 1.29 is 0 Å². The summed E-state index contributed by atoms with van der Waals surface area (Å²) in [5.41, 5.74) is 2.12. The minimum Gasteiger partial charge on any atom is -0.314 e. The van der Waals surface area contributed by atoms with E-state index in [0.717, 1.165) is 36.6 Å². The molecule has 0 saturated carbocycles. The van der Waals surface area contributed by atoms with E-state index in [9.17, 15) is 0 Å². The van der Waals surface area contributed by atoms with Crippen molar-refractivity contribution in [1.82, 2.24) is 19.9 Å². The topological polar surface area (TPSA) is 42.7 Å². The van der Waals surface area contributed by atoms with Crippen molar-refractivity contribution in [2.75, 3.05) is 18.1 Å². The maximum Gasteiger partial charge on any atom is 0.159 e. The second-order valence-electron chi connectivity index (χ2n) is 6.21. The Bertz CT molecular complexity index is 612. The molecule has 5 heteroatoms. The normalized spacial score (nSPS) is 25.9. The number of pyridine rings is 1. The molecule has 2 aromatic heterocycles. The molecule has 4 rings (SSSR count). The lowest BCUT2D eigenvalue weighted by Crippen LogP contribution is -2.26. The predicted molar refractivity (Wildman–Crippen MR) is 87.7 cm³/mol. The van der Waals surface area contributed by atoms with Gasteiger partial charge in [0.1, 0.15) is 11.3 Å². The zero-order valence-electron chi connectivity index (χ0n) is 12.3. The Morgan fingerprint density at radius 1 is 1.38 bits per heavy atom. The molecule has 0 bridgehead atoms. The Balaban J connectivity index is 1.65. The van der Waals surface area contributed by atoms with E-state index in [1.807, 2.05) is 12.3 Å². The SMILES string of the molecule is c1cnc2c(c1)nc(CC1CCCN1)n2CC1CCSC1. The number of thioether (sulfide) groups is 1. The van der Waals surface area contributed by atoms with Crippen molar-refractivity contribution in [3.63, 3.8) is 0 Å². The van der Waals surface area contributed by atoms with E-state index in [0.29, 0.717) is 6.04 Å². The van der Waals surface area contributed by atoms with Gasteiger partial charge < -0.3 is 9.88 Å². The highest BCUT2D eigenvalue weighted by atomic mass is 32.2. The molecular weight excluding hydrogens is 280 g/mol. The highest BCUT2D eigenvalue weighted by Gasteiger charge is 2.22. The zero-order valence-corrected chi connectivity index (χ0v) is 13.1. The fraction of sp³-hybridized carbons (Fsp3) is 0.625. The third-order valence-corrected chi connectivity index (χ3v) is 5.87. The Morgan fingerprint density at radius 2 is 2.38 bits per heavy atom. The summed E-state index contributed by atoms with van der Waals surface area (Å²) in [5, 5.41) is 3.59. The van der Waals surface area contributed by atoms with Crippen LogP contribution in [0.5, 0.6) is 0 Å². The molecular formula is C16H22N4S. The Morgan fingerprint density at radius 3 is 3.19 bits per heavy atom. The summed E-state index contributed by atoms with van der Waals surface area (Å²) in [7, 11) is 0. The van der Waals surface area contributed by atoms with Gasteiger partial charge in [-0.15, -0.1) is 0 Å². The molecule has 4 heterocycles. The number of fused-ring (bicyclic) bond motifs is 1. The predicted octanol–water partition coefficient (Wildman–Crippen LogP) is 2.48. The van der Waals surface area contributed by atoms with Crippen LogP contribution in [0.25, 0.3) is 11.2 Å². The number of imidazole rings is 1. The molecule has 2 aromatic rings. The first-order valence-electron chi connectivity index (χ1n) is 8.01. The van der Waals surface area contributed by atoms with E-state index >= 15 is 0 Å². The minimum atomic E-state index is 0.596. The van der Waals surface area contributed by atoms with Crippen LogP contribution < -0.4 is 5.32 Å². The molecule has 0 aliphatic carbocycles. The molecule has 2 aliphatic heterocycles. The van der Waals surface area contributed by atoms with Crippen molar-refractivity contribution in [3.8, 4) is 0 Å². The first-order valence-corrected chi connectivity index (χ1v) is 9.17. The highest BCUT2D eigenvalue weighted by molar-refractivity contribution is 7.99. The number of nitrogens with zero attached hydrogens (tertiary/aromatic N) is 3. The van der Waals surface area contributed by atoms with Crippen LogP contribution in [-0.4, -0.2) is 38.6 Å². The van der Waals surface area contributed by atoms with Gasteiger partial charge in [-0.05, 0) is 55.4 Å². The van der Waals surface area contributed by atoms with Gasteiger partial charge in [0.25, 0.3) is 0 Å². The molecule has 0 spiro atoms. The lowest BCUT2D eigenvalue weighted by Gasteiger charge is -2.15. The van der Waals surface area contributed by atoms with Gasteiger partial charge in [0, 0.05) is 25.2 Å². The zero-order chi connectivity index (χ0) is 14.1. The van der Waals surface area contributed by atoms with Crippen LogP contribution in [0.4, 0.5) is 0 Å². The number of hydrogen-bond acceptors (Lipinski definition) is 4. The third kappa shape index (κ3) is 2.81. The quantitative estimate of drug-likeness (QED) is 0.942. The first-order chi connectivity index (χ1) is 10.4. The summed E-state index contributed by atoms with van der Waals surface area (Å²) in [4.78, 5) is 9.46. The van der Waals surface area contributed by atoms with Gasteiger partial charge in [0.15, 0.2) is 5.65 Å². The van der Waals surface area contributed by atoms with E-state index < -0.39 is 0 Å². The van der Waals surface area contributed by atoms with Gasteiger partial charge in [-0.3, -0.25) is 0 Å². The van der Waals surface area contributed by atoms with Crippen LogP contribution >= 0.6 is 11.8 Å². The molecule has 2 unspecified atom stereocenters. The van der Waals surface area contributed by atoms with E-state index in [4.69, 9.17) is 4.98 Å². The van der Waals surface area contributed by atoms with Crippen LogP contribution in [0.3, 0.4) is 0 Å². The second-order valence-corrected chi connectivity index (χ2v) is 7.36. The monoisotopic (exact) mass is 302 g/mol. The first kappa shape index (κ1) is 13.6. The summed E-state index contributed by atoms with van der Waals surface area (Å²) in [5.74, 6) is 4.60. The average molecular weight is 302 g/mol. The van der Waals surface area contributed by atoms with E-state index in [1.54, 1.807) is 0 Å². The van der Waals surface area contributed by atoms with Crippen LogP contribution in [0.1, 0.15) is 25.1 Å². The molecule has 0 amide bonds. The maximum absolute atomic E-state index is 4.87. The molecule has 4 nitrogen and oxygen atoms in total. The second kappa shape index (κ2) is 5.97. The summed E-state index contributed by atoms with van der Waals surface area (Å²) in [6.07, 6.45) is 6.83. The van der Waals surface area contributed by atoms with Gasteiger partial charge in [-0.2, -0.15) is 11.8 Å². The Labute approximate surface area is 129 Å². The summed E-state index contributed by atoms with van der Waals surface area (Å²) >= 11 is 2.08. The fourth-order valence-corrected chi connectivity index (χ4v) is 4.76. The smallest absolute Gasteiger partial charge is 0.159 e. The molecule has 0 radical (unpaired) electrons. The van der Waals surface area contributed by atoms with Gasteiger partial charge in [0.05, 0.1) is 0 Å². The van der Waals surface area contributed by atoms with Crippen molar-refractivity contribution in [3.05, 3.63) is 24.2 Å². The van der Waals surface area contributed by atoms with E-state index in [-0.39, 0.29) is 0 Å². The molecule has 2 atom stereocenters. The van der Waals surface area contributed by atoms with Crippen LogP contribution in [0.15, 0.2) is 18.3 Å². The Kier molecular flexibility index (Phi) is 3.86. The molecule has 1 N–H and O–H groups in total. The molecule has 112 valence electrons. The summed E-state index contributed by atoms with van der Waals surface area (Å²) < 4.78 is 2.39. The van der Waals surface area contributed by atoms with Crippen molar-refractivity contribution in [2.24, 2.45) is 5.92 Å². The van der Waals surface area contributed by atoms with Crippen molar-refractivity contribution >= 4 is 22.9 Å².